The molecule has 0 spiro atoms. The first kappa shape index (κ1) is 14.8. The van der Waals surface area contributed by atoms with Gasteiger partial charge in [-0.2, -0.15) is 0 Å². The second kappa shape index (κ2) is 6.32. The molecule has 0 amide bonds. The van der Waals surface area contributed by atoms with E-state index >= 15 is 0 Å². The van der Waals surface area contributed by atoms with Crippen LogP contribution in [0.15, 0.2) is 41.8 Å². The fourth-order valence-electron chi connectivity index (χ4n) is 1.88. The SMILES string of the molecule is Clc1cc(Cl)c(Cc2nc(-c3ccccc3)cs2)nc1Cl. The summed E-state index contributed by atoms with van der Waals surface area (Å²) < 4.78 is 0. The lowest BCUT2D eigenvalue weighted by atomic mass is 10.2. The molecule has 0 aliphatic heterocycles. The van der Waals surface area contributed by atoms with E-state index in [1.165, 1.54) is 0 Å². The third-order valence-corrected chi connectivity index (χ3v) is 4.75. The van der Waals surface area contributed by atoms with Crippen LogP contribution in [0, 0.1) is 0 Å². The lowest BCUT2D eigenvalue weighted by Gasteiger charge is -2.03. The molecule has 0 bridgehead atoms. The van der Waals surface area contributed by atoms with Crippen molar-refractivity contribution in [3.05, 3.63) is 67.7 Å². The minimum absolute atomic E-state index is 0.260. The van der Waals surface area contributed by atoms with Crippen LogP contribution >= 0.6 is 46.1 Å². The van der Waals surface area contributed by atoms with Gasteiger partial charge in [0.05, 0.1) is 26.4 Å². The molecular weight excluding hydrogens is 347 g/mol. The summed E-state index contributed by atoms with van der Waals surface area (Å²) in [7, 11) is 0. The number of hydrogen-bond donors (Lipinski definition) is 0. The van der Waals surface area contributed by atoms with E-state index in [2.05, 4.69) is 9.97 Å². The Balaban J connectivity index is 1.87. The highest BCUT2D eigenvalue weighted by atomic mass is 35.5. The van der Waals surface area contributed by atoms with Gasteiger partial charge in [-0.1, -0.05) is 65.1 Å². The van der Waals surface area contributed by atoms with Crippen LogP contribution in [0.3, 0.4) is 0 Å². The molecule has 3 rings (SSSR count). The lowest BCUT2D eigenvalue weighted by Crippen LogP contribution is -1.94. The monoisotopic (exact) mass is 354 g/mol. The molecule has 0 aliphatic carbocycles. The maximum absolute atomic E-state index is 6.15. The maximum Gasteiger partial charge on any atom is 0.148 e. The van der Waals surface area contributed by atoms with Crippen molar-refractivity contribution in [2.75, 3.05) is 0 Å². The molecule has 0 fully saturated rings. The third kappa shape index (κ3) is 3.38. The summed E-state index contributed by atoms with van der Waals surface area (Å²) in [6.45, 7) is 0. The van der Waals surface area contributed by atoms with Gasteiger partial charge in [0.2, 0.25) is 0 Å². The molecule has 2 aromatic heterocycles. The fraction of sp³-hybridized carbons (Fsp3) is 0.0667. The van der Waals surface area contributed by atoms with Gasteiger partial charge in [-0.3, -0.25) is 0 Å². The molecule has 1 aromatic carbocycles. The third-order valence-electron chi connectivity index (χ3n) is 2.90. The van der Waals surface area contributed by atoms with Crippen LogP contribution in [0.4, 0.5) is 0 Å². The molecule has 106 valence electrons. The smallest absolute Gasteiger partial charge is 0.148 e. The van der Waals surface area contributed by atoms with E-state index in [1.54, 1.807) is 17.4 Å². The van der Waals surface area contributed by atoms with Crippen molar-refractivity contribution in [2.45, 2.75) is 6.42 Å². The molecular formula is C15H9Cl3N2S. The van der Waals surface area contributed by atoms with Crippen molar-refractivity contribution in [2.24, 2.45) is 0 Å². The van der Waals surface area contributed by atoms with Crippen molar-refractivity contribution < 1.29 is 0 Å². The molecule has 6 heteroatoms. The maximum atomic E-state index is 6.15. The summed E-state index contributed by atoms with van der Waals surface area (Å²) in [4.78, 5) is 8.83. The average molecular weight is 356 g/mol. The summed E-state index contributed by atoms with van der Waals surface area (Å²) in [5.41, 5.74) is 2.72. The molecule has 0 saturated heterocycles. The molecule has 0 N–H and O–H groups in total. The molecule has 0 aliphatic rings. The van der Waals surface area contributed by atoms with Gasteiger partial charge >= 0.3 is 0 Å². The first-order chi connectivity index (χ1) is 10.1. The van der Waals surface area contributed by atoms with Gasteiger partial charge in [-0.15, -0.1) is 11.3 Å². The minimum atomic E-state index is 0.260. The van der Waals surface area contributed by atoms with Crippen LogP contribution in [0.25, 0.3) is 11.3 Å². The van der Waals surface area contributed by atoms with Crippen molar-refractivity contribution in [3.63, 3.8) is 0 Å². The summed E-state index contributed by atoms with van der Waals surface area (Å²) in [6.07, 6.45) is 0.535. The highest BCUT2D eigenvalue weighted by molar-refractivity contribution is 7.10. The van der Waals surface area contributed by atoms with Crippen LogP contribution in [0.5, 0.6) is 0 Å². The predicted octanol–water partition coefficient (Wildman–Crippen LogP) is 5.76. The number of nitrogens with zero attached hydrogens (tertiary/aromatic N) is 2. The zero-order chi connectivity index (χ0) is 14.8. The van der Waals surface area contributed by atoms with Gasteiger partial charge < -0.3 is 0 Å². The molecule has 0 unspecified atom stereocenters. The Labute approximate surface area is 141 Å². The Morgan fingerprint density at radius 2 is 1.71 bits per heavy atom. The minimum Gasteiger partial charge on any atom is -0.241 e. The molecule has 0 saturated carbocycles. The number of hydrogen-bond acceptors (Lipinski definition) is 3. The van der Waals surface area contributed by atoms with Crippen LogP contribution in [0.1, 0.15) is 10.7 Å². The van der Waals surface area contributed by atoms with Crippen LogP contribution in [-0.2, 0) is 6.42 Å². The Bertz CT molecular complexity index is 772. The summed E-state index contributed by atoms with van der Waals surface area (Å²) in [5, 5.41) is 4.07. The van der Waals surface area contributed by atoms with Crippen LogP contribution in [-0.4, -0.2) is 9.97 Å². The molecule has 2 heterocycles. The lowest BCUT2D eigenvalue weighted by molar-refractivity contribution is 1.05. The van der Waals surface area contributed by atoms with Crippen molar-refractivity contribution in [1.29, 1.82) is 0 Å². The second-order valence-electron chi connectivity index (χ2n) is 4.36. The summed E-state index contributed by atoms with van der Waals surface area (Å²) in [5.74, 6) is 0. The Morgan fingerprint density at radius 1 is 0.952 bits per heavy atom. The van der Waals surface area contributed by atoms with Gasteiger partial charge in [0.25, 0.3) is 0 Å². The van der Waals surface area contributed by atoms with E-state index in [9.17, 15) is 0 Å². The first-order valence-electron chi connectivity index (χ1n) is 6.14. The van der Waals surface area contributed by atoms with E-state index < -0.39 is 0 Å². The largest absolute Gasteiger partial charge is 0.241 e. The van der Waals surface area contributed by atoms with Crippen molar-refractivity contribution in [1.82, 2.24) is 9.97 Å². The molecule has 0 radical (unpaired) electrons. The van der Waals surface area contributed by atoms with Gasteiger partial charge in [-0.05, 0) is 6.07 Å². The van der Waals surface area contributed by atoms with Crippen molar-refractivity contribution >= 4 is 46.1 Å². The molecule has 0 atom stereocenters. The number of thiazole rings is 1. The van der Waals surface area contributed by atoms with Crippen molar-refractivity contribution in [3.8, 4) is 11.3 Å². The Morgan fingerprint density at radius 3 is 2.48 bits per heavy atom. The zero-order valence-corrected chi connectivity index (χ0v) is 13.8. The topological polar surface area (TPSA) is 25.8 Å². The highest BCUT2D eigenvalue weighted by Gasteiger charge is 2.11. The zero-order valence-electron chi connectivity index (χ0n) is 10.7. The Kier molecular flexibility index (Phi) is 4.45. The van der Waals surface area contributed by atoms with Crippen LogP contribution < -0.4 is 0 Å². The number of pyridine rings is 1. The molecule has 2 nitrogen and oxygen atoms in total. The predicted molar refractivity (Wildman–Crippen MR) is 89.6 cm³/mol. The van der Waals surface area contributed by atoms with E-state index in [0.29, 0.717) is 22.2 Å². The van der Waals surface area contributed by atoms with E-state index in [1.807, 2.05) is 35.7 Å². The Hall–Kier alpha value is -1.13. The van der Waals surface area contributed by atoms with Gasteiger partial charge in [0, 0.05) is 17.4 Å². The van der Waals surface area contributed by atoms with E-state index in [-0.39, 0.29) is 5.15 Å². The van der Waals surface area contributed by atoms with E-state index in [0.717, 1.165) is 16.3 Å². The van der Waals surface area contributed by atoms with Gasteiger partial charge in [0.15, 0.2) is 0 Å². The standard InChI is InChI=1S/C15H9Cl3N2S/c16-10-6-11(17)15(18)20-12(10)7-14-19-13(8-21-14)9-4-2-1-3-5-9/h1-6,8H,7H2. The summed E-state index contributed by atoms with van der Waals surface area (Å²) in [6, 6.07) is 11.6. The number of halogens is 3. The summed E-state index contributed by atoms with van der Waals surface area (Å²) >= 11 is 19.5. The first-order valence-corrected chi connectivity index (χ1v) is 8.15. The highest BCUT2D eigenvalue weighted by Crippen LogP contribution is 2.29. The number of benzene rings is 1. The quantitative estimate of drug-likeness (QED) is 0.558. The molecule has 21 heavy (non-hydrogen) atoms. The number of rotatable bonds is 3. The molecule has 3 aromatic rings. The van der Waals surface area contributed by atoms with Gasteiger partial charge in [0.1, 0.15) is 5.15 Å². The normalized spacial score (nSPS) is 10.8. The second-order valence-corrected chi connectivity index (χ2v) is 6.47. The average Bonchev–Trinajstić information content (AvgIpc) is 2.94. The van der Waals surface area contributed by atoms with Crippen LogP contribution in [0.2, 0.25) is 15.2 Å². The fourth-order valence-corrected chi connectivity index (χ4v) is 3.27. The number of aromatic nitrogens is 2. The van der Waals surface area contributed by atoms with Gasteiger partial charge in [-0.25, -0.2) is 9.97 Å². The van der Waals surface area contributed by atoms with E-state index in [4.69, 9.17) is 34.8 Å².